The Morgan fingerprint density at radius 2 is 1.72 bits per heavy atom. The predicted octanol–water partition coefficient (Wildman–Crippen LogP) is 8.17. The summed E-state index contributed by atoms with van der Waals surface area (Å²) in [5, 5.41) is 12.4. The second-order valence-corrected chi connectivity index (χ2v) is 11.8. The van der Waals surface area contributed by atoms with Crippen LogP contribution in [-0.4, -0.2) is 42.6 Å². The van der Waals surface area contributed by atoms with Crippen molar-refractivity contribution in [1.29, 1.82) is 0 Å². The largest absolute Gasteiger partial charge is 0.386 e. The number of unbranched alkanes of at least 4 members (excludes halogenated alkanes) is 1. The number of rotatable bonds is 15. The third-order valence-electron chi connectivity index (χ3n) is 7.54. The van der Waals surface area contributed by atoms with Crippen LogP contribution >= 0.6 is 0 Å². The highest BCUT2D eigenvalue weighted by Gasteiger charge is 2.44. The first-order valence-corrected chi connectivity index (χ1v) is 16.4. The fraction of sp³-hybridized carbons (Fsp3) is 0.432. The Morgan fingerprint density at radius 3 is 2.30 bits per heavy atom. The summed E-state index contributed by atoms with van der Waals surface area (Å²) in [4.78, 5) is 21.9. The zero-order valence-corrected chi connectivity index (χ0v) is 29.1. The highest BCUT2D eigenvalue weighted by atomic mass is 19.2. The second kappa shape index (κ2) is 19.4. The Kier molecular flexibility index (Phi) is 16.0. The summed E-state index contributed by atoms with van der Waals surface area (Å²) in [6.45, 7) is 16.3. The van der Waals surface area contributed by atoms with Gasteiger partial charge in [0.05, 0.1) is 16.9 Å². The molecule has 6 N–H and O–H groups in total. The van der Waals surface area contributed by atoms with Crippen molar-refractivity contribution in [3.63, 3.8) is 0 Å². The van der Waals surface area contributed by atoms with Gasteiger partial charge in [0.2, 0.25) is 0 Å². The molecule has 0 saturated heterocycles. The quantitative estimate of drug-likeness (QED) is 0.0986. The van der Waals surface area contributed by atoms with Crippen LogP contribution in [0.4, 0.5) is 20.2 Å². The number of carbonyl (C=O) groups is 1. The molecule has 0 spiro atoms. The van der Waals surface area contributed by atoms with E-state index in [1.807, 2.05) is 6.92 Å². The highest BCUT2D eigenvalue weighted by molar-refractivity contribution is 6.45. The van der Waals surface area contributed by atoms with Gasteiger partial charge in [-0.3, -0.25) is 9.79 Å². The molecule has 10 heteroatoms. The maximum atomic E-state index is 14.6. The van der Waals surface area contributed by atoms with Gasteiger partial charge in [0.15, 0.2) is 17.5 Å². The zero-order chi connectivity index (χ0) is 35.0. The van der Waals surface area contributed by atoms with E-state index in [1.54, 1.807) is 50.4 Å². The Labute approximate surface area is 279 Å². The van der Waals surface area contributed by atoms with E-state index in [-0.39, 0.29) is 28.7 Å². The van der Waals surface area contributed by atoms with Crippen molar-refractivity contribution in [1.82, 2.24) is 10.6 Å². The number of amidine groups is 1. The second-order valence-electron chi connectivity index (χ2n) is 11.8. The number of anilines is 2. The SMILES string of the molecule is C=C(NCC1(NC(=O)c2ccc(NC(=N/C=C\C)C(C)=N/C=C(\C)c3ccc(NC)c(F)c3F)cc2)CC1)C(N)CCCC.CCC. The number of hydrogen-bond acceptors (Lipinski definition) is 6. The number of carbonyl (C=O) groups excluding carboxylic acids is 1. The molecule has 1 atom stereocenters. The summed E-state index contributed by atoms with van der Waals surface area (Å²) in [5.74, 6) is -1.57. The lowest BCUT2D eigenvalue weighted by molar-refractivity contribution is 0.0931. The van der Waals surface area contributed by atoms with Crippen LogP contribution in [0.1, 0.15) is 96.0 Å². The van der Waals surface area contributed by atoms with Gasteiger partial charge in [0.1, 0.15) is 0 Å². The number of allylic oxidation sites excluding steroid dienone is 2. The van der Waals surface area contributed by atoms with Crippen LogP contribution in [-0.2, 0) is 0 Å². The van der Waals surface area contributed by atoms with Gasteiger partial charge in [-0.05, 0) is 82.0 Å². The van der Waals surface area contributed by atoms with Crippen LogP contribution in [0.2, 0.25) is 0 Å². The van der Waals surface area contributed by atoms with Crippen LogP contribution in [0.5, 0.6) is 0 Å². The molecule has 0 bridgehead atoms. The average molecular weight is 650 g/mol. The molecule has 1 amide bonds. The van der Waals surface area contributed by atoms with E-state index in [2.05, 4.69) is 58.6 Å². The first-order valence-electron chi connectivity index (χ1n) is 16.4. The molecule has 0 radical (unpaired) electrons. The predicted molar refractivity (Wildman–Crippen MR) is 195 cm³/mol. The molecular weight excluding hydrogens is 596 g/mol. The molecule has 0 aromatic heterocycles. The fourth-order valence-corrected chi connectivity index (χ4v) is 4.40. The van der Waals surface area contributed by atoms with E-state index in [0.717, 1.165) is 37.8 Å². The van der Waals surface area contributed by atoms with Gasteiger partial charge in [-0.1, -0.05) is 52.7 Å². The molecule has 8 nitrogen and oxygen atoms in total. The maximum absolute atomic E-state index is 14.6. The lowest BCUT2D eigenvalue weighted by Crippen LogP contribution is -2.45. The number of nitrogens with two attached hydrogens (primary N) is 1. The minimum Gasteiger partial charge on any atom is -0.386 e. The Bertz CT molecular complexity index is 1460. The Balaban J connectivity index is 0.00000246. The first-order chi connectivity index (χ1) is 22.4. The number of aliphatic imine (C=N–C) groups is 2. The molecule has 2 aromatic carbocycles. The Morgan fingerprint density at radius 1 is 1.06 bits per heavy atom. The third-order valence-corrected chi connectivity index (χ3v) is 7.54. The van der Waals surface area contributed by atoms with Crippen molar-refractivity contribution in [2.45, 2.75) is 91.6 Å². The van der Waals surface area contributed by atoms with Crippen LogP contribution in [0.25, 0.3) is 5.57 Å². The molecule has 256 valence electrons. The summed E-state index contributed by atoms with van der Waals surface area (Å²) >= 11 is 0. The van der Waals surface area contributed by atoms with Gasteiger partial charge < -0.3 is 27.0 Å². The third kappa shape index (κ3) is 12.1. The zero-order valence-electron chi connectivity index (χ0n) is 29.1. The monoisotopic (exact) mass is 649 g/mol. The van der Waals surface area contributed by atoms with Gasteiger partial charge in [0, 0.05) is 54.5 Å². The maximum Gasteiger partial charge on any atom is 0.251 e. The topological polar surface area (TPSA) is 116 Å². The van der Waals surface area contributed by atoms with Gasteiger partial charge in [0.25, 0.3) is 5.91 Å². The normalized spacial score (nSPS) is 15.0. The van der Waals surface area contributed by atoms with Crippen molar-refractivity contribution in [2.24, 2.45) is 15.7 Å². The summed E-state index contributed by atoms with van der Waals surface area (Å²) in [6.07, 6.45) is 10.9. The Hall–Kier alpha value is -4.31. The van der Waals surface area contributed by atoms with Crippen molar-refractivity contribution in [3.8, 4) is 0 Å². The average Bonchev–Trinajstić information content (AvgIpc) is 3.84. The summed E-state index contributed by atoms with van der Waals surface area (Å²) in [6, 6.07) is 9.97. The molecule has 1 aliphatic carbocycles. The van der Waals surface area contributed by atoms with E-state index in [9.17, 15) is 13.6 Å². The minimum absolute atomic E-state index is 0.0842. The lowest BCUT2D eigenvalue weighted by Gasteiger charge is -2.22. The van der Waals surface area contributed by atoms with E-state index < -0.39 is 11.6 Å². The van der Waals surface area contributed by atoms with Crippen LogP contribution < -0.4 is 27.0 Å². The van der Waals surface area contributed by atoms with Crippen LogP contribution in [0, 0.1) is 11.6 Å². The molecule has 47 heavy (non-hydrogen) atoms. The molecule has 1 unspecified atom stereocenters. The molecule has 0 heterocycles. The van der Waals surface area contributed by atoms with Crippen molar-refractivity contribution < 1.29 is 13.6 Å². The number of halogens is 2. The van der Waals surface area contributed by atoms with Crippen LogP contribution in [0.3, 0.4) is 0 Å². The molecule has 1 aliphatic rings. The number of nitrogens with one attached hydrogen (secondary N) is 4. The summed E-state index contributed by atoms with van der Waals surface area (Å²) < 4.78 is 28.8. The number of nitrogens with zero attached hydrogens (tertiary/aromatic N) is 2. The van der Waals surface area contributed by atoms with Crippen molar-refractivity contribution >= 4 is 34.4 Å². The molecule has 3 rings (SSSR count). The van der Waals surface area contributed by atoms with Crippen molar-refractivity contribution in [2.75, 3.05) is 24.2 Å². The van der Waals surface area contributed by atoms with Gasteiger partial charge in [-0.2, -0.15) is 0 Å². The highest BCUT2D eigenvalue weighted by Crippen LogP contribution is 2.35. The van der Waals surface area contributed by atoms with E-state index >= 15 is 0 Å². The van der Waals surface area contributed by atoms with E-state index in [4.69, 9.17) is 5.73 Å². The van der Waals surface area contributed by atoms with E-state index in [1.165, 1.54) is 31.8 Å². The smallest absolute Gasteiger partial charge is 0.251 e. The lowest BCUT2D eigenvalue weighted by atomic mass is 10.1. The van der Waals surface area contributed by atoms with Gasteiger partial charge in [-0.15, -0.1) is 0 Å². The van der Waals surface area contributed by atoms with Crippen LogP contribution in [0.15, 0.2) is 77.1 Å². The summed E-state index contributed by atoms with van der Waals surface area (Å²) in [7, 11) is 1.53. The minimum atomic E-state index is -0.940. The number of hydrogen-bond donors (Lipinski definition) is 5. The first kappa shape index (κ1) is 38.9. The van der Waals surface area contributed by atoms with Crippen molar-refractivity contribution in [3.05, 3.63) is 89.9 Å². The molecule has 2 aromatic rings. The number of amides is 1. The molecule has 1 saturated carbocycles. The summed E-state index contributed by atoms with van der Waals surface area (Å²) in [5.41, 5.74) is 9.14. The van der Waals surface area contributed by atoms with Gasteiger partial charge in [-0.25, -0.2) is 13.8 Å². The molecule has 1 fully saturated rings. The standard InChI is InChI=1S/C34H45F2N7O.C3H8/c1-7-9-10-28(37)23(4)41-21-34(17-18-34)43-33(44)25-11-13-26(14-12-25)42-32(39-19-8-2)24(5)40-20-22(3)27-15-16-29(38-6)31(36)30(27)35;1-3-2/h8,11-16,19-20,28,38,41H,4,7,9-10,17-18,21,37H2,1-3,5-6H3,(H,39,42)(H,43,44);3H2,1-2H3/b19-8-,22-20+,40-24?;. The van der Waals surface area contributed by atoms with E-state index in [0.29, 0.717) is 34.9 Å². The fourth-order valence-electron chi connectivity index (χ4n) is 4.40. The van der Waals surface area contributed by atoms with Gasteiger partial charge >= 0.3 is 0 Å². The molecular formula is C37H53F2N7O. The molecule has 0 aliphatic heterocycles. The number of benzene rings is 2.